The van der Waals surface area contributed by atoms with Crippen LogP contribution in [-0.4, -0.2) is 0 Å². The van der Waals surface area contributed by atoms with Gasteiger partial charge in [-0.2, -0.15) is 0 Å². The summed E-state index contributed by atoms with van der Waals surface area (Å²) in [5.74, 6) is 0.991. The van der Waals surface area contributed by atoms with E-state index in [1.54, 1.807) is 6.26 Å². The van der Waals surface area contributed by atoms with Crippen molar-refractivity contribution in [3.05, 3.63) is 42.2 Å². The summed E-state index contributed by atoms with van der Waals surface area (Å²) in [5.41, 5.74) is 1.27. The van der Waals surface area contributed by atoms with E-state index in [-0.39, 0.29) is 0 Å². The second-order valence-corrected chi connectivity index (χ2v) is 2.30. The third kappa shape index (κ3) is 0.798. The topological polar surface area (TPSA) is 9.23 Å². The predicted molar refractivity (Wildman–Crippen MR) is 39.9 cm³/mol. The Balaban J connectivity index is 2.47. The second-order valence-electron chi connectivity index (χ2n) is 2.30. The highest BCUT2D eigenvalue weighted by Crippen LogP contribution is 2.21. The lowest BCUT2D eigenvalue weighted by atomic mass is 10.1. The molecule has 1 heteroatoms. The van der Waals surface area contributed by atoms with Crippen molar-refractivity contribution < 1.29 is 4.74 Å². The summed E-state index contributed by atoms with van der Waals surface area (Å²) in [6, 6.07) is 8.08. The predicted octanol–water partition coefficient (Wildman–Crippen LogP) is 2.14. The van der Waals surface area contributed by atoms with E-state index in [0.29, 0.717) is 0 Å². The first-order chi connectivity index (χ1) is 4.97. The van der Waals surface area contributed by atoms with Gasteiger partial charge < -0.3 is 4.74 Å². The smallest absolute Gasteiger partial charge is 0.130 e. The standard InChI is InChI=1S/C9H8O/c1-2-6-9-8(4-1)5-3-7-10-9/h1-4,6-7H,5H2/i7+0. The van der Waals surface area contributed by atoms with E-state index in [2.05, 4.69) is 6.07 Å². The molecule has 0 radical (unpaired) electrons. The molecule has 1 nitrogen and oxygen atoms in total. The van der Waals surface area contributed by atoms with Gasteiger partial charge in [0.25, 0.3) is 0 Å². The summed E-state index contributed by atoms with van der Waals surface area (Å²) < 4.78 is 5.24. The number of hydrogen-bond donors (Lipinski definition) is 0. The maximum atomic E-state index is 5.24. The molecule has 0 aliphatic carbocycles. The molecule has 1 aliphatic rings. The van der Waals surface area contributed by atoms with Crippen LogP contribution in [0, 0.1) is 0 Å². The van der Waals surface area contributed by atoms with Gasteiger partial charge in [0.2, 0.25) is 0 Å². The van der Waals surface area contributed by atoms with Gasteiger partial charge in [-0.1, -0.05) is 18.2 Å². The van der Waals surface area contributed by atoms with Crippen LogP contribution < -0.4 is 4.74 Å². The van der Waals surface area contributed by atoms with Crippen LogP contribution in [0.25, 0.3) is 0 Å². The lowest BCUT2D eigenvalue weighted by Crippen LogP contribution is -1.94. The maximum Gasteiger partial charge on any atom is 0.130 e. The minimum absolute atomic E-state index is 0.991. The van der Waals surface area contributed by atoms with Crippen molar-refractivity contribution in [3.8, 4) is 5.75 Å². The number of hydrogen-bond acceptors (Lipinski definition) is 1. The molecule has 0 amide bonds. The lowest BCUT2D eigenvalue weighted by molar-refractivity contribution is 0.464. The minimum Gasteiger partial charge on any atom is -0.465 e. The highest BCUT2D eigenvalue weighted by Gasteiger charge is 2.02. The first kappa shape index (κ1) is 5.54. The van der Waals surface area contributed by atoms with Crippen molar-refractivity contribution in [1.29, 1.82) is 0 Å². The van der Waals surface area contributed by atoms with E-state index < -0.39 is 0 Å². The van der Waals surface area contributed by atoms with E-state index in [1.165, 1.54) is 5.56 Å². The van der Waals surface area contributed by atoms with Gasteiger partial charge in [0.05, 0.1) is 6.26 Å². The number of benzene rings is 1. The number of rotatable bonds is 0. The number of para-hydroxylation sites is 1. The number of fused-ring (bicyclic) bond motifs is 1. The molecule has 0 bridgehead atoms. The molecule has 1 aromatic rings. The van der Waals surface area contributed by atoms with Crippen molar-refractivity contribution in [1.82, 2.24) is 0 Å². The van der Waals surface area contributed by atoms with Crippen LogP contribution in [0.3, 0.4) is 0 Å². The Morgan fingerprint density at radius 3 is 3.00 bits per heavy atom. The lowest BCUT2D eigenvalue weighted by Gasteiger charge is -2.09. The quantitative estimate of drug-likeness (QED) is 0.525. The van der Waals surface area contributed by atoms with Crippen LogP contribution in [0.5, 0.6) is 5.75 Å². The Morgan fingerprint density at radius 1 is 1.20 bits per heavy atom. The van der Waals surface area contributed by atoms with Crippen molar-refractivity contribution in [2.75, 3.05) is 0 Å². The summed E-state index contributed by atoms with van der Waals surface area (Å²) in [5, 5.41) is 0. The zero-order chi connectivity index (χ0) is 6.81. The van der Waals surface area contributed by atoms with Crippen LogP contribution in [-0.2, 0) is 6.42 Å². The normalized spacial score (nSPS) is 14.0. The van der Waals surface area contributed by atoms with Gasteiger partial charge in [0, 0.05) is 0 Å². The maximum absolute atomic E-state index is 5.24. The third-order valence-electron chi connectivity index (χ3n) is 1.60. The van der Waals surface area contributed by atoms with Crippen LogP contribution in [0.15, 0.2) is 36.6 Å². The van der Waals surface area contributed by atoms with Gasteiger partial charge >= 0.3 is 0 Å². The average Bonchev–Trinajstić information content (AvgIpc) is 2.05. The first-order valence-electron chi connectivity index (χ1n) is 3.36. The van der Waals surface area contributed by atoms with Gasteiger partial charge in [0.15, 0.2) is 0 Å². The molecular formula is C9H8O. The molecule has 0 aromatic heterocycles. The fraction of sp³-hybridized carbons (Fsp3) is 0.111. The van der Waals surface area contributed by atoms with E-state index in [1.807, 2.05) is 24.3 Å². The van der Waals surface area contributed by atoms with Gasteiger partial charge in [-0.3, -0.25) is 0 Å². The molecule has 0 fully saturated rings. The fourth-order valence-electron chi connectivity index (χ4n) is 1.08. The zero-order valence-corrected chi connectivity index (χ0v) is 5.58. The number of ether oxygens (including phenoxy) is 1. The van der Waals surface area contributed by atoms with Crippen LogP contribution in [0.4, 0.5) is 0 Å². The Kier molecular flexibility index (Phi) is 1.21. The van der Waals surface area contributed by atoms with Gasteiger partial charge in [-0.05, 0) is 24.1 Å². The van der Waals surface area contributed by atoms with E-state index in [4.69, 9.17) is 4.74 Å². The third-order valence-corrected chi connectivity index (χ3v) is 1.60. The number of allylic oxidation sites excluding steroid dienone is 1. The Labute approximate surface area is 59.9 Å². The Bertz CT molecular complexity index is 236. The monoisotopic (exact) mass is 132 g/mol. The molecule has 1 aliphatic heterocycles. The van der Waals surface area contributed by atoms with E-state index in [0.717, 1.165) is 12.2 Å². The van der Waals surface area contributed by atoms with E-state index in [9.17, 15) is 0 Å². The summed E-state index contributed by atoms with van der Waals surface area (Å²) in [4.78, 5) is 0. The van der Waals surface area contributed by atoms with E-state index >= 15 is 0 Å². The average molecular weight is 132 g/mol. The molecule has 0 saturated heterocycles. The summed E-state index contributed by atoms with van der Waals surface area (Å²) in [6.07, 6.45) is 4.75. The molecule has 0 atom stereocenters. The van der Waals surface area contributed by atoms with Gasteiger partial charge in [-0.25, -0.2) is 0 Å². The molecule has 1 aromatic carbocycles. The van der Waals surface area contributed by atoms with Crippen LogP contribution >= 0.6 is 0 Å². The largest absolute Gasteiger partial charge is 0.465 e. The van der Waals surface area contributed by atoms with Gasteiger partial charge in [-0.15, -0.1) is 0 Å². The van der Waals surface area contributed by atoms with Crippen molar-refractivity contribution in [3.63, 3.8) is 0 Å². The molecule has 1 heterocycles. The molecular weight excluding hydrogens is 124 g/mol. The van der Waals surface area contributed by atoms with Crippen LogP contribution in [0.1, 0.15) is 5.56 Å². The Hall–Kier alpha value is -1.24. The zero-order valence-electron chi connectivity index (χ0n) is 5.58. The molecule has 10 heavy (non-hydrogen) atoms. The van der Waals surface area contributed by atoms with Crippen molar-refractivity contribution in [2.45, 2.75) is 6.42 Å². The Morgan fingerprint density at radius 2 is 2.10 bits per heavy atom. The molecule has 0 unspecified atom stereocenters. The summed E-state index contributed by atoms with van der Waals surface area (Å²) >= 11 is 0. The highest BCUT2D eigenvalue weighted by atomic mass is 16.5. The summed E-state index contributed by atoms with van der Waals surface area (Å²) in [7, 11) is 0. The highest BCUT2D eigenvalue weighted by molar-refractivity contribution is 5.36. The molecule has 50 valence electrons. The van der Waals surface area contributed by atoms with Crippen molar-refractivity contribution in [2.24, 2.45) is 0 Å². The van der Waals surface area contributed by atoms with Crippen LogP contribution in [0.2, 0.25) is 0 Å². The van der Waals surface area contributed by atoms with Crippen molar-refractivity contribution >= 4 is 0 Å². The molecule has 2 rings (SSSR count). The minimum atomic E-state index is 0.991. The summed E-state index contributed by atoms with van der Waals surface area (Å²) in [6.45, 7) is 0. The molecule has 0 saturated carbocycles. The van der Waals surface area contributed by atoms with Gasteiger partial charge in [0.1, 0.15) is 5.75 Å². The SMILES string of the molecule is C1=[12CH]Oc2ccccc2C1. The fourth-order valence-corrected chi connectivity index (χ4v) is 1.08. The first-order valence-corrected chi connectivity index (χ1v) is 3.36. The molecule has 0 N–H and O–H groups in total. The molecule has 0 spiro atoms. The second kappa shape index (κ2) is 2.18.